The van der Waals surface area contributed by atoms with Gasteiger partial charge >= 0.3 is 0 Å². The summed E-state index contributed by atoms with van der Waals surface area (Å²) in [5.74, 6) is 0.0214. The molecule has 4 heteroatoms. The van der Waals surface area contributed by atoms with Crippen molar-refractivity contribution in [1.82, 2.24) is 14.8 Å². The van der Waals surface area contributed by atoms with Crippen LogP contribution in [0.1, 0.15) is 36.8 Å². The minimum atomic E-state index is -0.430. The van der Waals surface area contributed by atoms with Crippen molar-refractivity contribution < 1.29 is 4.79 Å². The van der Waals surface area contributed by atoms with Gasteiger partial charge in [-0.2, -0.15) is 0 Å². The molecule has 0 aliphatic heterocycles. The summed E-state index contributed by atoms with van der Waals surface area (Å²) in [6.07, 6.45) is 1.82. The number of rotatable bonds is 1. The molecule has 0 bridgehead atoms. The lowest BCUT2D eigenvalue weighted by molar-refractivity contribution is 0.0854. The Labute approximate surface area is 94.3 Å². The van der Waals surface area contributed by atoms with Crippen LogP contribution in [0.15, 0.2) is 18.3 Å². The van der Waals surface area contributed by atoms with E-state index in [1.54, 1.807) is 4.52 Å². The van der Waals surface area contributed by atoms with Gasteiger partial charge in [-0.3, -0.25) is 4.79 Å². The van der Waals surface area contributed by atoms with Crippen molar-refractivity contribution in [2.45, 2.75) is 27.7 Å². The topological polar surface area (TPSA) is 47.3 Å². The Kier molecular flexibility index (Phi) is 2.30. The molecule has 0 spiro atoms. The summed E-state index contributed by atoms with van der Waals surface area (Å²) in [4.78, 5) is 12.1. The van der Waals surface area contributed by atoms with Gasteiger partial charge in [0.1, 0.15) is 0 Å². The van der Waals surface area contributed by atoms with E-state index in [-0.39, 0.29) is 5.78 Å². The number of nitrogens with zero attached hydrogens (tertiary/aromatic N) is 3. The van der Waals surface area contributed by atoms with Crippen LogP contribution in [0.2, 0.25) is 0 Å². The van der Waals surface area contributed by atoms with E-state index >= 15 is 0 Å². The molecule has 0 amide bonds. The van der Waals surface area contributed by atoms with Crippen LogP contribution in [0, 0.1) is 12.3 Å². The average molecular weight is 217 g/mol. The van der Waals surface area contributed by atoms with Gasteiger partial charge in [-0.15, -0.1) is 5.10 Å². The summed E-state index contributed by atoms with van der Waals surface area (Å²) in [5.41, 5.74) is 1.90. The number of pyridine rings is 1. The molecule has 0 aliphatic rings. The van der Waals surface area contributed by atoms with Crippen LogP contribution in [0.4, 0.5) is 0 Å². The highest BCUT2D eigenvalue weighted by molar-refractivity contribution is 6.03. The first-order chi connectivity index (χ1) is 7.39. The third-order valence-electron chi connectivity index (χ3n) is 2.47. The number of aryl methyl sites for hydroxylation is 1. The minimum Gasteiger partial charge on any atom is -0.292 e. The molecule has 0 aliphatic carbocycles. The van der Waals surface area contributed by atoms with Gasteiger partial charge in [0.2, 0.25) is 0 Å². The molecule has 0 radical (unpaired) electrons. The zero-order valence-electron chi connectivity index (χ0n) is 9.98. The Morgan fingerprint density at radius 3 is 2.69 bits per heavy atom. The number of fused-ring (bicyclic) bond motifs is 1. The molecule has 0 saturated heterocycles. The predicted molar refractivity (Wildman–Crippen MR) is 61.5 cm³/mol. The fourth-order valence-electron chi connectivity index (χ4n) is 1.51. The molecule has 16 heavy (non-hydrogen) atoms. The second-order valence-electron chi connectivity index (χ2n) is 5.05. The summed E-state index contributed by atoms with van der Waals surface area (Å²) in [6, 6.07) is 3.87. The second-order valence-corrected chi connectivity index (χ2v) is 5.05. The average Bonchev–Trinajstić information content (AvgIpc) is 2.57. The van der Waals surface area contributed by atoms with Crippen molar-refractivity contribution in [1.29, 1.82) is 0 Å². The lowest BCUT2D eigenvalue weighted by Gasteiger charge is -2.14. The number of carbonyl (C=O) groups excluding carboxylic acids is 1. The Bertz CT molecular complexity index is 549. The van der Waals surface area contributed by atoms with E-state index in [2.05, 4.69) is 10.3 Å². The van der Waals surface area contributed by atoms with Crippen molar-refractivity contribution in [2.24, 2.45) is 5.41 Å². The molecule has 0 fully saturated rings. The first-order valence-corrected chi connectivity index (χ1v) is 5.26. The summed E-state index contributed by atoms with van der Waals surface area (Å²) in [7, 11) is 0. The van der Waals surface area contributed by atoms with Gasteiger partial charge in [-0.1, -0.05) is 26.0 Å². The molecule has 2 heterocycles. The molecule has 2 rings (SSSR count). The molecule has 0 atom stereocenters. The minimum absolute atomic E-state index is 0.0214. The number of carbonyl (C=O) groups is 1. The number of ketones is 1. The van der Waals surface area contributed by atoms with E-state index in [1.807, 2.05) is 46.0 Å². The van der Waals surface area contributed by atoms with Crippen LogP contribution in [-0.4, -0.2) is 20.6 Å². The van der Waals surface area contributed by atoms with Crippen LogP contribution in [-0.2, 0) is 0 Å². The van der Waals surface area contributed by atoms with Gasteiger partial charge in [0.05, 0.1) is 5.52 Å². The van der Waals surface area contributed by atoms with Gasteiger partial charge in [-0.25, -0.2) is 4.52 Å². The number of aromatic nitrogens is 3. The molecular formula is C12H15N3O. The molecular weight excluding hydrogens is 202 g/mol. The Balaban J connectivity index is 2.62. The van der Waals surface area contributed by atoms with E-state index in [1.165, 1.54) is 0 Å². The smallest absolute Gasteiger partial charge is 0.190 e. The monoisotopic (exact) mass is 217 g/mol. The molecule has 4 nitrogen and oxygen atoms in total. The third kappa shape index (κ3) is 1.71. The number of Topliss-reactive ketones (excluding diaryl/α,β-unsaturated/α-hetero) is 1. The Morgan fingerprint density at radius 2 is 2.06 bits per heavy atom. The lowest BCUT2D eigenvalue weighted by Crippen LogP contribution is -2.20. The van der Waals surface area contributed by atoms with E-state index in [0.717, 1.165) is 11.1 Å². The quantitative estimate of drug-likeness (QED) is 0.688. The highest BCUT2D eigenvalue weighted by Gasteiger charge is 2.27. The zero-order chi connectivity index (χ0) is 11.9. The maximum atomic E-state index is 12.1. The van der Waals surface area contributed by atoms with Gasteiger partial charge in [0, 0.05) is 11.6 Å². The Hall–Kier alpha value is -1.71. The van der Waals surface area contributed by atoms with E-state index in [9.17, 15) is 4.79 Å². The van der Waals surface area contributed by atoms with Crippen LogP contribution in [0.5, 0.6) is 0 Å². The fourth-order valence-corrected chi connectivity index (χ4v) is 1.51. The first kappa shape index (κ1) is 10.8. The largest absolute Gasteiger partial charge is 0.292 e. The van der Waals surface area contributed by atoms with Crippen molar-refractivity contribution in [3.05, 3.63) is 29.6 Å². The maximum Gasteiger partial charge on any atom is 0.190 e. The SMILES string of the molecule is Cc1ccn2nnc(C(=O)C(C)(C)C)c2c1. The van der Waals surface area contributed by atoms with Gasteiger partial charge in [0.15, 0.2) is 11.5 Å². The maximum absolute atomic E-state index is 12.1. The predicted octanol–water partition coefficient (Wildman–Crippen LogP) is 2.27. The van der Waals surface area contributed by atoms with E-state index < -0.39 is 5.41 Å². The highest BCUT2D eigenvalue weighted by Crippen LogP contribution is 2.22. The molecule has 0 aromatic carbocycles. The highest BCUT2D eigenvalue weighted by atomic mass is 16.1. The molecule has 0 N–H and O–H groups in total. The summed E-state index contributed by atoms with van der Waals surface area (Å²) < 4.78 is 1.63. The zero-order valence-corrected chi connectivity index (χ0v) is 9.98. The van der Waals surface area contributed by atoms with E-state index in [0.29, 0.717) is 5.69 Å². The molecule has 84 valence electrons. The molecule has 2 aromatic heterocycles. The van der Waals surface area contributed by atoms with Crippen molar-refractivity contribution in [3.8, 4) is 0 Å². The second kappa shape index (κ2) is 3.40. The van der Waals surface area contributed by atoms with E-state index in [4.69, 9.17) is 0 Å². The summed E-state index contributed by atoms with van der Waals surface area (Å²) in [5, 5.41) is 7.91. The molecule has 0 unspecified atom stereocenters. The normalized spacial score (nSPS) is 12.0. The van der Waals surface area contributed by atoms with Crippen molar-refractivity contribution in [3.63, 3.8) is 0 Å². The van der Waals surface area contributed by atoms with Gasteiger partial charge < -0.3 is 0 Å². The van der Waals surface area contributed by atoms with Crippen LogP contribution >= 0.6 is 0 Å². The van der Waals surface area contributed by atoms with Crippen LogP contribution in [0.3, 0.4) is 0 Å². The molecule has 0 saturated carbocycles. The summed E-state index contributed by atoms with van der Waals surface area (Å²) in [6.45, 7) is 7.64. The third-order valence-corrected chi connectivity index (χ3v) is 2.47. The van der Waals surface area contributed by atoms with Crippen LogP contribution in [0.25, 0.3) is 5.52 Å². The van der Waals surface area contributed by atoms with Crippen molar-refractivity contribution in [2.75, 3.05) is 0 Å². The lowest BCUT2D eigenvalue weighted by atomic mass is 9.88. The Morgan fingerprint density at radius 1 is 1.38 bits per heavy atom. The van der Waals surface area contributed by atoms with Gasteiger partial charge in [0.25, 0.3) is 0 Å². The molecule has 2 aromatic rings. The number of hydrogen-bond donors (Lipinski definition) is 0. The standard InChI is InChI=1S/C12H15N3O/c1-8-5-6-15-9(7-8)10(13-14-15)11(16)12(2,3)4/h5-7H,1-4H3. The first-order valence-electron chi connectivity index (χ1n) is 5.26. The fraction of sp³-hybridized carbons (Fsp3) is 0.417. The van der Waals surface area contributed by atoms with Crippen LogP contribution < -0.4 is 0 Å². The number of hydrogen-bond acceptors (Lipinski definition) is 3. The van der Waals surface area contributed by atoms with Gasteiger partial charge in [-0.05, 0) is 24.6 Å². The summed E-state index contributed by atoms with van der Waals surface area (Å²) >= 11 is 0. The van der Waals surface area contributed by atoms with Crippen molar-refractivity contribution >= 4 is 11.3 Å².